The highest BCUT2D eigenvalue weighted by Gasteiger charge is 2.48. The molecule has 31 heavy (non-hydrogen) atoms. The number of imide groups is 1. The number of halogens is 1. The molecule has 4 atom stereocenters. The highest BCUT2D eigenvalue weighted by atomic mass is 79.9. The topological polar surface area (TPSA) is 113 Å². The summed E-state index contributed by atoms with van der Waals surface area (Å²) >= 11 is 3.17. The molecule has 3 rings (SSSR count). The lowest BCUT2D eigenvalue weighted by atomic mass is 9.93. The number of unbranched alkanes of at least 4 members (excludes halogenated alkanes) is 1. The van der Waals surface area contributed by atoms with Gasteiger partial charge in [0, 0.05) is 13.0 Å². The van der Waals surface area contributed by atoms with Crippen molar-refractivity contribution in [1.29, 1.82) is 0 Å². The maximum absolute atomic E-state index is 13.2. The van der Waals surface area contributed by atoms with Gasteiger partial charge >= 0.3 is 6.09 Å². The largest absolute Gasteiger partial charge is 0.447 e. The summed E-state index contributed by atoms with van der Waals surface area (Å²) in [5.74, 6) is -3.87. The molecule has 9 heteroatoms. The van der Waals surface area contributed by atoms with Crippen LogP contribution in [0.2, 0.25) is 0 Å². The van der Waals surface area contributed by atoms with Crippen molar-refractivity contribution in [2.45, 2.75) is 50.5 Å². The smallest absolute Gasteiger partial charge is 0.416 e. The number of hydrogen-bond donors (Lipinski definition) is 2. The fourth-order valence-corrected chi connectivity index (χ4v) is 4.28. The van der Waals surface area contributed by atoms with Gasteiger partial charge < -0.3 is 19.7 Å². The number of cyclic esters (lactones) is 1. The summed E-state index contributed by atoms with van der Waals surface area (Å²) in [6, 6.07) is 8.93. The van der Waals surface area contributed by atoms with E-state index >= 15 is 0 Å². The zero-order valence-corrected chi connectivity index (χ0v) is 18.8. The second-order valence-corrected chi connectivity index (χ2v) is 8.67. The first-order valence-electron chi connectivity index (χ1n) is 10.2. The lowest BCUT2D eigenvalue weighted by molar-refractivity contribution is -0.217. The Morgan fingerprint density at radius 1 is 1.29 bits per heavy atom. The minimum atomic E-state index is -1.78. The van der Waals surface area contributed by atoms with E-state index in [2.05, 4.69) is 15.9 Å². The van der Waals surface area contributed by atoms with E-state index in [1.807, 2.05) is 30.3 Å². The lowest BCUT2D eigenvalue weighted by Gasteiger charge is -2.37. The highest BCUT2D eigenvalue weighted by molar-refractivity contribution is 9.11. The van der Waals surface area contributed by atoms with Crippen molar-refractivity contribution < 1.29 is 34.1 Å². The van der Waals surface area contributed by atoms with Crippen molar-refractivity contribution >= 4 is 33.7 Å². The van der Waals surface area contributed by atoms with E-state index in [0.29, 0.717) is 19.3 Å². The van der Waals surface area contributed by atoms with Crippen LogP contribution in [0, 0.1) is 5.92 Å². The van der Waals surface area contributed by atoms with E-state index in [4.69, 9.17) is 14.6 Å². The average molecular weight is 496 g/mol. The third-order valence-corrected chi connectivity index (χ3v) is 6.37. The summed E-state index contributed by atoms with van der Waals surface area (Å²) in [4.78, 5) is 39.1. The molecule has 2 amide bonds. The van der Waals surface area contributed by atoms with Gasteiger partial charge in [0.2, 0.25) is 5.91 Å². The zero-order valence-electron chi connectivity index (χ0n) is 17.2. The van der Waals surface area contributed by atoms with Gasteiger partial charge in [-0.15, -0.1) is 0 Å². The van der Waals surface area contributed by atoms with Gasteiger partial charge in [0.25, 0.3) is 0 Å². The number of amides is 2. The van der Waals surface area contributed by atoms with Crippen molar-refractivity contribution in [1.82, 2.24) is 4.90 Å². The number of ether oxygens (including phenoxy) is 2. The fraction of sp³-hybridized carbons (Fsp3) is 0.500. The van der Waals surface area contributed by atoms with Gasteiger partial charge in [-0.1, -0.05) is 37.3 Å². The molecule has 8 nitrogen and oxygen atoms in total. The van der Waals surface area contributed by atoms with Crippen molar-refractivity contribution in [2.24, 2.45) is 5.92 Å². The molecule has 2 heterocycles. The zero-order chi connectivity index (χ0) is 22.6. The second kappa shape index (κ2) is 10.0. The number of hydrogen-bond acceptors (Lipinski definition) is 7. The lowest BCUT2D eigenvalue weighted by Crippen LogP contribution is -2.52. The first kappa shape index (κ1) is 23.6. The summed E-state index contributed by atoms with van der Waals surface area (Å²) in [5, 5.41) is 19.8. The molecule has 0 spiro atoms. The van der Waals surface area contributed by atoms with Crippen LogP contribution in [0.25, 0.3) is 0 Å². The average Bonchev–Trinajstić information content (AvgIpc) is 3.11. The first-order valence-corrected chi connectivity index (χ1v) is 11.0. The normalized spacial score (nSPS) is 27.1. The van der Waals surface area contributed by atoms with Gasteiger partial charge in [-0.25, -0.2) is 9.69 Å². The van der Waals surface area contributed by atoms with Crippen LogP contribution in [0.5, 0.6) is 0 Å². The summed E-state index contributed by atoms with van der Waals surface area (Å²) in [7, 11) is 0. The SMILES string of the molecule is C[C@H](C(=O)N1C(=O)OC[C@@H]1Cc1ccccc1)[C@@H]1O[C@](O)(CCCCO)C(Br)=CC1=O. The van der Waals surface area contributed by atoms with Crippen LogP contribution in [0.1, 0.15) is 31.7 Å². The standard InChI is InChI=1S/C22H26BrNO7/c1-14(19-17(26)12-18(23)22(29,31-19)9-5-6-10-25)20(27)24-16(13-30-21(24)28)11-15-7-3-2-4-8-15/h2-4,7-8,12,14,16,19,25,29H,5-6,9-11,13H2,1H3/t14-,16-,19-,22+/m0/s1. The van der Waals surface area contributed by atoms with Crippen LogP contribution in [0.3, 0.4) is 0 Å². The van der Waals surface area contributed by atoms with Crippen molar-refractivity contribution in [3.8, 4) is 0 Å². The Hall–Kier alpha value is -2.07. The minimum absolute atomic E-state index is 0.0332. The molecule has 1 aromatic rings. The number of carbonyl (C=O) groups excluding carboxylic acids is 3. The quantitative estimate of drug-likeness (QED) is 0.531. The Balaban J connectivity index is 1.75. The third-order valence-electron chi connectivity index (χ3n) is 5.52. The van der Waals surface area contributed by atoms with E-state index in [9.17, 15) is 19.5 Å². The highest BCUT2D eigenvalue weighted by Crippen LogP contribution is 2.37. The van der Waals surface area contributed by atoms with Crippen LogP contribution in [-0.2, 0) is 25.5 Å². The number of aliphatic hydroxyl groups excluding tert-OH is 1. The molecule has 1 aromatic carbocycles. The Bertz CT molecular complexity index is 859. The van der Waals surface area contributed by atoms with Crippen LogP contribution >= 0.6 is 15.9 Å². The molecule has 0 radical (unpaired) electrons. The fourth-order valence-electron chi connectivity index (χ4n) is 3.76. The van der Waals surface area contributed by atoms with E-state index in [-0.39, 0.29) is 24.1 Å². The number of carbonyl (C=O) groups is 3. The minimum Gasteiger partial charge on any atom is -0.447 e. The van der Waals surface area contributed by atoms with Gasteiger partial charge in [-0.3, -0.25) is 9.59 Å². The summed E-state index contributed by atoms with van der Waals surface area (Å²) in [6.07, 6.45) is 0.686. The van der Waals surface area contributed by atoms with Crippen molar-refractivity contribution in [3.05, 3.63) is 46.5 Å². The molecular formula is C22H26BrNO7. The van der Waals surface area contributed by atoms with Crippen LogP contribution in [0.15, 0.2) is 40.9 Å². The van der Waals surface area contributed by atoms with E-state index in [0.717, 1.165) is 10.5 Å². The predicted octanol–water partition coefficient (Wildman–Crippen LogP) is 2.31. The molecule has 0 aliphatic carbocycles. The molecule has 0 saturated carbocycles. The van der Waals surface area contributed by atoms with Crippen molar-refractivity contribution in [3.63, 3.8) is 0 Å². The first-order chi connectivity index (χ1) is 14.8. The molecule has 1 saturated heterocycles. The van der Waals surface area contributed by atoms with Crippen LogP contribution in [0.4, 0.5) is 4.79 Å². The molecule has 0 unspecified atom stereocenters. The van der Waals surface area contributed by atoms with Crippen molar-refractivity contribution in [2.75, 3.05) is 13.2 Å². The molecule has 0 aromatic heterocycles. The van der Waals surface area contributed by atoms with Gasteiger partial charge in [-0.05, 0) is 46.8 Å². The summed E-state index contributed by atoms with van der Waals surface area (Å²) in [6.45, 7) is 1.54. The number of benzene rings is 1. The predicted molar refractivity (Wildman–Crippen MR) is 114 cm³/mol. The van der Waals surface area contributed by atoms with Gasteiger partial charge in [0.1, 0.15) is 12.7 Å². The number of aliphatic hydroxyl groups is 2. The third kappa shape index (κ3) is 5.23. The Morgan fingerprint density at radius 2 is 2.00 bits per heavy atom. The molecule has 2 aliphatic rings. The van der Waals surface area contributed by atoms with Gasteiger partial charge in [0.15, 0.2) is 11.6 Å². The van der Waals surface area contributed by atoms with Gasteiger partial charge in [0.05, 0.1) is 16.4 Å². The second-order valence-electron chi connectivity index (χ2n) is 7.82. The Morgan fingerprint density at radius 3 is 2.68 bits per heavy atom. The number of ketones is 1. The number of rotatable bonds is 8. The number of nitrogens with zero attached hydrogens (tertiary/aromatic N) is 1. The van der Waals surface area contributed by atoms with E-state index in [1.165, 1.54) is 13.0 Å². The molecule has 1 fully saturated rings. The molecule has 168 valence electrons. The maximum Gasteiger partial charge on any atom is 0.416 e. The van der Waals surface area contributed by atoms with Gasteiger partial charge in [-0.2, -0.15) is 0 Å². The Kier molecular flexibility index (Phi) is 7.64. The molecular weight excluding hydrogens is 470 g/mol. The Labute approximate surface area is 188 Å². The summed E-state index contributed by atoms with van der Waals surface area (Å²) < 4.78 is 11.0. The molecule has 2 N–H and O–H groups in total. The van der Waals surface area contributed by atoms with Crippen LogP contribution < -0.4 is 0 Å². The van der Waals surface area contributed by atoms with E-state index < -0.39 is 41.6 Å². The maximum atomic E-state index is 13.2. The molecule has 2 aliphatic heterocycles. The van der Waals surface area contributed by atoms with E-state index in [1.54, 1.807) is 0 Å². The molecule has 0 bridgehead atoms. The van der Waals surface area contributed by atoms with Crippen LogP contribution in [-0.4, -0.2) is 64.0 Å². The monoisotopic (exact) mass is 495 g/mol. The summed E-state index contributed by atoms with van der Waals surface area (Å²) in [5.41, 5.74) is 0.950.